The molecule has 0 aliphatic heterocycles. The predicted octanol–water partition coefficient (Wildman–Crippen LogP) is 2.57. The van der Waals surface area contributed by atoms with E-state index in [2.05, 4.69) is 5.48 Å². The van der Waals surface area contributed by atoms with Crippen molar-refractivity contribution in [2.24, 2.45) is 0 Å². The fraction of sp³-hybridized carbons (Fsp3) is 0.500. The van der Waals surface area contributed by atoms with Crippen LogP contribution < -0.4 is 5.48 Å². The minimum Gasteiger partial charge on any atom is -0.442 e. The molecular formula is C14H21NO4. The fourth-order valence-electron chi connectivity index (χ4n) is 1.42. The number of hydrogen-bond donors (Lipinski definition) is 2. The Morgan fingerprint density at radius 1 is 1.32 bits per heavy atom. The first-order valence-electron chi connectivity index (χ1n) is 6.22. The van der Waals surface area contributed by atoms with E-state index < -0.39 is 17.8 Å². The van der Waals surface area contributed by atoms with E-state index in [0.717, 1.165) is 5.56 Å². The molecular weight excluding hydrogens is 246 g/mol. The minimum atomic E-state index is -0.637. The highest BCUT2D eigenvalue weighted by atomic mass is 16.7. The van der Waals surface area contributed by atoms with Gasteiger partial charge in [0.1, 0.15) is 5.60 Å². The lowest BCUT2D eigenvalue weighted by atomic mass is 10.1. The van der Waals surface area contributed by atoms with Gasteiger partial charge in [-0.25, -0.2) is 4.79 Å². The van der Waals surface area contributed by atoms with Crippen LogP contribution in [0.5, 0.6) is 0 Å². The van der Waals surface area contributed by atoms with Gasteiger partial charge in [-0.1, -0.05) is 30.3 Å². The largest absolute Gasteiger partial charge is 0.442 e. The van der Waals surface area contributed by atoms with Crippen molar-refractivity contribution in [1.82, 2.24) is 5.48 Å². The highest BCUT2D eigenvalue weighted by Crippen LogP contribution is 2.15. The lowest BCUT2D eigenvalue weighted by molar-refractivity contribution is -0.0161. The van der Waals surface area contributed by atoms with Crippen molar-refractivity contribution in [3.8, 4) is 0 Å². The van der Waals surface area contributed by atoms with Crippen LogP contribution in [0, 0.1) is 0 Å². The van der Waals surface area contributed by atoms with Crippen molar-refractivity contribution in [2.75, 3.05) is 6.61 Å². The van der Waals surface area contributed by atoms with E-state index in [1.54, 1.807) is 20.8 Å². The van der Waals surface area contributed by atoms with E-state index in [-0.39, 0.29) is 6.61 Å². The average molecular weight is 267 g/mol. The molecule has 0 saturated heterocycles. The molecule has 0 heterocycles. The number of amides is 1. The van der Waals surface area contributed by atoms with Crippen molar-refractivity contribution >= 4 is 6.09 Å². The summed E-state index contributed by atoms with van der Waals surface area (Å²) in [4.78, 5) is 16.2. The number of benzene rings is 1. The summed E-state index contributed by atoms with van der Waals surface area (Å²) in [6.07, 6.45) is -0.858. The highest BCUT2D eigenvalue weighted by molar-refractivity contribution is 5.66. The number of hydroxylamine groups is 1. The molecule has 106 valence electrons. The Bertz CT molecular complexity index is 386. The number of carbonyl (C=O) groups is 1. The van der Waals surface area contributed by atoms with Gasteiger partial charge in [0.2, 0.25) is 0 Å². The molecule has 0 unspecified atom stereocenters. The SMILES string of the molecule is CC(C)(C)OC(=O)NOCC[C@@H](O)c1ccccc1. The van der Waals surface area contributed by atoms with Gasteiger partial charge in [-0.15, -0.1) is 0 Å². The van der Waals surface area contributed by atoms with Crippen molar-refractivity contribution in [2.45, 2.75) is 38.9 Å². The number of aliphatic hydroxyl groups is 1. The first-order valence-corrected chi connectivity index (χ1v) is 6.22. The molecule has 0 aromatic heterocycles. The van der Waals surface area contributed by atoms with Crippen LogP contribution in [0.25, 0.3) is 0 Å². The third-order valence-electron chi connectivity index (χ3n) is 2.23. The Morgan fingerprint density at radius 3 is 2.53 bits per heavy atom. The van der Waals surface area contributed by atoms with Crippen molar-refractivity contribution in [1.29, 1.82) is 0 Å². The summed E-state index contributed by atoms with van der Waals surface area (Å²) < 4.78 is 4.99. The van der Waals surface area contributed by atoms with Gasteiger partial charge in [-0.05, 0) is 26.3 Å². The molecule has 1 atom stereocenters. The number of carbonyl (C=O) groups excluding carboxylic acids is 1. The molecule has 1 aromatic carbocycles. The third kappa shape index (κ3) is 6.79. The highest BCUT2D eigenvalue weighted by Gasteiger charge is 2.16. The maximum Gasteiger partial charge on any atom is 0.431 e. The van der Waals surface area contributed by atoms with Crippen molar-refractivity contribution in [3.63, 3.8) is 0 Å². The molecule has 0 fully saturated rings. The van der Waals surface area contributed by atoms with E-state index in [0.29, 0.717) is 6.42 Å². The van der Waals surface area contributed by atoms with E-state index in [1.165, 1.54) is 0 Å². The summed E-state index contributed by atoms with van der Waals surface area (Å²) in [5.41, 5.74) is 2.44. The van der Waals surface area contributed by atoms with Gasteiger partial charge in [-0.3, -0.25) is 4.84 Å². The molecule has 2 N–H and O–H groups in total. The molecule has 0 aliphatic rings. The second-order valence-corrected chi connectivity index (χ2v) is 5.17. The number of rotatable bonds is 5. The molecule has 5 nitrogen and oxygen atoms in total. The van der Waals surface area contributed by atoms with Gasteiger partial charge < -0.3 is 9.84 Å². The summed E-state index contributed by atoms with van der Waals surface area (Å²) in [7, 11) is 0. The van der Waals surface area contributed by atoms with E-state index >= 15 is 0 Å². The average Bonchev–Trinajstić information content (AvgIpc) is 2.33. The standard InChI is InChI=1S/C14H21NO4/c1-14(2,3)19-13(17)15-18-10-9-12(16)11-7-5-4-6-8-11/h4-8,12,16H,9-10H2,1-3H3,(H,15,17)/t12-/m1/s1. The maximum atomic E-state index is 11.3. The van der Waals surface area contributed by atoms with Gasteiger partial charge in [0.25, 0.3) is 0 Å². The second-order valence-electron chi connectivity index (χ2n) is 5.17. The third-order valence-corrected chi connectivity index (χ3v) is 2.23. The molecule has 0 saturated carbocycles. The van der Waals surface area contributed by atoms with Gasteiger partial charge in [-0.2, -0.15) is 5.48 Å². The molecule has 1 amide bonds. The molecule has 1 aromatic rings. The lowest BCUT2D eigenvalue weighted by Crippen LogP contribution is -2.32. The summed E-state index contributed by atoms with van der Waals surface area (Å²) >= 11 is 0. The quantitative estimate of drug-likeness (QED) is 0.635. The topological polar surface area (TPSA) is 67.8 Å². The van der Waals surface area contributed by atoms with Crippen LogP contribution >= 0.6 is 0 Å². The zero-order valence-electron chi connectivity index (χ0n) is 11.6. The molecule has 0 spiro atoms. The molecule has 19 heavy (non-hydrogen) atoms. The zero-order chi connectivity index (χ0) is 14.3. The van der Waals surface area contributed by atoms with Crippen molar-refractivity contribution < 1.29 is 19.5 Å². The van der Waals surface area contributed by atoms with Crippen LogP contribution in [0.15, 0.2) is 30.3 Å². The zero-order valence-corrected chi connectivity index (χ0v) is 11.6. The molecule has 1 rings (SSSR count). The number of hydrogen-bond acceptors (Lipinski definition) is 4. The number of ether oxygens (including phenoxy) is 1. The lowest BCUT2D eigenvalue weighted by Gasteiger charge is -2.19. The fourth-order valence-corrected chi connectivity index (χ4v) is 1.42. The summed E-state index contributed by atoms with van der Waals surface area (Å²) in [5.74, 6) is 0. The first-order chi connectivity index (χ1) is 8.88. The molecule has 0 bridgehead atoms. The van der Waals surface area contributed by atoms with E-state index in [4.69, 9.17) is 9.57 Å². The van der Waals surface area contributed by atoms with Crippen LogP contribution in [0.4, 0.5) is 4.79 Å². The number of aliphatic hydroxyl groups excluding tert-OH is 1. The molecule has 5 heteroatoms. The van der Waals surface area contributed by atoms with Gasteiger partial charge in [0.05, 0.1) is 12.7 Å². The monoisotopic (exact) mass is 267 g/mol. The predicted molar refractivity (Wildman–Crippen MR) is 71.3 cm³/mol. The maximum absolute atomic E-state index is 11.3. The smallest absolute Gasteiger partial charge is 0.431 e. The Hall–Kier alpha value is -1.59. The number of nitrogens with one attached hydrogen (secondary N) is 1. The van der Waals surface area contributed by atoms with Gasteiger partial charge in [0, 0.05) is 6.42 Å². The van der Waals surface area contributed by atoms with Crippen molar-refractivity contribution in [3.05, 3.63) is 35.9 Å². The summed E-state index contributed by atoms with van der Waals surface area (Å²) in [5, 5.41) is 9.85. The summed E-state index contributed by atoms with van der Waals surface area (Å²) in [6, 6.07) is 9.28. The van der Waals surface area contributed by atoms with Gasteiger partial charge in [0.15, 0.2) is 0 Å². The Morgan fingerprint density at radius 2 is 1.95 bits per heavy atom. The molecule has 0 aliphatic carbocycles. The Labute approximate surface area is 113 Å². The van der Waals surface area contributed by atoms with Crippen LogP contribution in [-0.4, -0.2) is 23.4 Å². The first kappa shape index (κ1) is 15.5. The summed E-state index contributed by atoms with van der Waals surface area (Å²) in [6.45, 7) is 5.51. The van der Waals surface area contributed by atoms with Crippen LogP contribution in [0.2, 0.25) is 0 Å². The van der Waals surface area contributed by atoms with Gasteiger partial charge >= 0.3 is 6.09 Å². The molecule has 0 radical (unpaired) electrons. The Kier molecular flexibility index (Phi) is 5.79. The Balaban J connectivity index is 2.19. The van der Waals surface area contributed by atoms with Crippen LogP contribution in [0.3, 0.4) is 0 Å². The van der Waals surface area contributed by atoms with E-state index in [1.807, 2.05) is 30.3 Å². The second kappa shape index (κ2) is 7.11. The normalized spacial score (nSPS) is 12.8. The van der Waals surface area contributed by atoms with E-state index in [9.17, 15) is 9.90 Å². The minimum absolute atomic E-state index is 0.204. The van der Waals surface area contributed by atoms with Crippen LogP contribution in [-0.2, 0) is 9.57 Å². The van der Waals surface area contributed by atoms with Crippen LogP contribution in [0.1, 0.15) is 38.9 Å².